The Morgan fingerprint density at radius 2 is 1.83 bits per heavy atom. The van der Waals surface area contributed by atoms with Gasteiger partial charge in [-0.3, -0.25) is 4.79 Å². The topological polar surface area (TPSA) is 71.3 Å². The first-order chi connectivity index (χ1) is 17.0. The number of nitrogens with zero attached hydrogens (tertiary/aromatic N) is 1. The predicted octanol–water partition coefficient (Wildman–Crippen LogP) is 7.80. The zero-order chi connectivity index (χ0) is 26.5. The number of rotatable bonds is 7. The van der Waals surface area contributed by atoms with E-state index in [2.05, 4.69) is 5.32 Å². The van der Waals surface area contributed by atoms with Gasteiger partial charge in [-0.15, -0.1) is 0 Å². The van der Waals surface area contributed by atoms with E-state index in [1.807, 2.05) is 0 Å². The third-order valence-electron chi connectivity index (χ3n) is 4.82. The normalized spacial score (nSPS) is 11.6. The van der Waals surface area contributed by atoms with E-state index in [1.54, 1.807) is 42.5 Å². The number of ether oxygens (including phenoxy) is 2. The first kappa shape index (κ1) is 27.2. The van der Waals surface area contributed by atoms with Gasteiger partial charge in [0.15, 0.2) is 11.5 Å². The lowest BCUT2D eigenvalue weighted by atomic mass is 10.1. The molecule has 3 aromatic carbocycles. The number of hydrogen-bond acceptors (Lipinski definition) is 4. The van der Waals surface area contributed by atoms with Gasteiger partial charge in [0, 0.05) is 21.2 Å². The van der Waals surface area contributed by atoms with Crippen LogP contribution in [0.3, 0.4) is 0 Å². The zero-order valence-electron chi connectivity index (χ0n) is 18.4. The van der Waals surface area contributed by atoms with Crippen LogP contribution in [-0.2, 0) is 17.6 Å². The highest BCUT2D eigenvalue weighted by Crippen LogP contribution is 2.36. The maximum atomic E-state index is 13.0. The molecule has 0 unspecified atom stereocenters. The van der Waals surface area contributed by atoms with Crippen LogP contribution in [0, 0.1) is 11.3 Å². The lowest BCUT2D eigenvalue weighted by molar-refractivity contribution is -0.137. The van der Waals surface area contributed by atoms with Crippen LogP contribution in [0.1, 0.15) is 16.7 Å². The lowest BCUT2D eigenvalue weighted by Gasteiger charge is -2.15. The number of amides is 1. The second-order valence-electron chi connectivity index (χ2n) is 7.22. The summed E-state index contributed by atoms with van der Waals surface area (Å²) in [4.78, 5) is 12.7. The molecule has 0 radical (unpaired) electrons. The molecule has 0 aliphatic rings. The minimum atomic E-state index is -4.64. The van der Waals surface area contributed by atoms with Gasteiger partial charge in [-0.05, 0) is 42.5 Å². The summed E-state index contributed by atoms with van der Waals surface area (Å²) >= 11 is 18.1. The molecule has 5 nitrogen and oxygen atoms in total. The highest BCUT2D eigenvalue weighted by atomic mass is 35.5. The van der Waals surface area contributed by atoms with Gasteiger partial charge in [-0.2, -0.15) is 18.4 Å². The molecule has 3 aromatic rings. The van der Waals surface area contributed by atoms with E-state index in [9.17, 15) is 23.2 Å². The fourth-order valence-electron chi connectivity index (χ4n) is 3.04. The van der Waals surface area contributed by atoms with Crippen molar-refractivity contribution in [2.24, 2.45) is 0 Å². The molecule has 0 fully saturated rings. The fourth-order valence-corrected chi connectivity index (χ4v) is 3.67. The predicted molar refractivity (Wildman–Crippen MR) is 132 cm³/mol. The van der Waals surface area contributed by atoms with Crippen molar-refractivity contribution in [2.75, 3.05) is 12.4 Å². The molecule has 0 bridgehead atoms. The molecule has 0 spiro atoms. The number of methoxy groups -OCH3 is 1. The monoisotopic (exact) mass is 554 g/mol. The van der Waals surface area contributed by atoms with E-state index in [0.717, 1.165) is 12.1 Å². The highest BCUT2D eigenvalue weighted by molar-refractivity contribution is 6.35. The van der Waals surface area contributed by atoms with E-state index >= 15 is 0 Å². The van der Waals surface area contributed by atoms with Crippen LogP contribution in [0.15, 0.2) is 60.2 Å². The SMILES string of the molecule is COc1cccc(/C=C(/C#N)C(=O)Nc2cc(C(F)(F)F)ccc2Cl)c1OCc1ccc(Cl)cc1Cl. The molecule has 0 heterocycles. The summed E-state index contributed by atoms with van der Waals surface area (Å²) in [6, 6.07) is 13.9. The molecule has 36 heavy (non-hydrogen) atoms. The number of anilines is 1. The number of halogens is 6. The van der Waals surface area contributed by atoms with Gasteiger partial charge in [-0.1, -0.05) is 53.0 Å². The van der Waals surface area contributed by atoms with Crippen LogP contribution >= 0.6 is 34.8 Å². The number of nitrogens with one attached hydrogen (secondary N) is 1. The van der Waals surface area contributed by atoms with Crippen molar-refractivity contribution < 1.29 is 27.4 Å². The molecule has 0 aliphatic heterocycles. The quantitative estimate of drug-likeness (QED) is 0.238. The number of alkyl halides is 3. The summed E-state index contributed by atoms with van der Waals surface area (Å²) in [7, 11) is 1.42. The average Bonchev–Trinajstić information content (AvgIpc) is 2.82. The average molecular weight is 556 g/mol. The Kier molecular flexibility index (Phi) is 8.75. The summed E-state index contributed by atoms with van der Waals surface area (Å²) < 4.78 is 50.4. The Hall–Kier alpha value is -3.38. The van der Waals surface area contributed by atoms with Crippen LogP contribution in [0.2, 0.25) is 15.1 Å². The van der Waals surface area contributed by atoms with E-state index in [-0.39, 0.29) is 23.1 Å². The molecule has 1 amide bonds. The van der Waals surface area contributed by atoms with Gasteiger partial charge in [-0.25, -0.2) is 0 Å². The molecular formula is C25H16Cl3F3N2O3. The number of nitriles is 1. The van der Waals surface area contributed by atoms with Gasteiger partial charge in [0.2, 0.25) is 0 Å². The highest BCUT2D eigenvalue weighted by Gasteiger charge is 2.31. The first-order valence-corrected chi connectivity index (χ1v) is 11.2. The summed E-state index contributed by atoms with van der Waals surface area (Å²) in [5.41, 5.74) is -0.780. The molecule has 0 saturated carbocycles. The van der Waals surface area contributed by atoms with Gasteiger partial charge in [0.25, 0.3) is 5.91 Å². The second-order valence-corrected chi connectivity index (χ2v) is 8.47. The smallest absolute Gasteiger partial charge is 0.416 e. The molecule has 186 valence electrons. The molecule has 11 heteroatoms. The molecule has 0 saturated heterocycles. The lowest BCUT2D eigenvalue weighted by Crippen LogP contribution is -2.15. The van der Waals surface area contributed by atoms with Crippen molar-refractivity contribution in [3.8, 4) is 17.6 Å². The molecule has 0 aromatic heterocycles. The Bertz CT molecular complexity index is 1370. The van der Waals surface area contributed by atoms with Crippen LogP contribution in [-0.4, -0.2) is 13.0 Å². The van der Waals surface area contributed by atoms with Crippen LogP contribution in [0.5, 0.6) is 11.5 Å². The standard InChI is InChI=1S/C25H16Cl3F3N2O3/c1-35-22-4-2-3-14(23(22)36-13-15-5-7-18(26)11-20(15)28)9-16(12-32)24(34)33-21-10-17(25(29,30)31)6-8-19(21)27/h2-11H,13H2,1H3,(H,33,34)/b16-9-. The van der Waals surface area contributed by atoms with Crippen LogP contribution in [0.4, 0.5) is 18.9 Å². The van der Waals surface area contributed by atoms with Crippen molar-refractivity contribution >= 4 is 52.5 Å². The summed E-state index contributed by atoms with van der Waals surface area (Å²) in [5.74, 6) is -0.440. The van der Waals surface area contributed by atoms with E-state index in [1.165, 1.54) is 13.2 Å². The third kappa shape index (κ3) is 6.64. The minimum absolute atomic E-state index is 0.0190. The maximum Gasteiger partial charge on any atom is 0.416 e. The Labute approximate surface area is 219 Å². The number of hydrogen-bond donors (Lipinski definition) is 1. The zero-order valence-corrected chi connectivity index (χ0v) is 20.7. The van der Waals surface area contributed by atoms with Crippen molar-refractivity contribution in [2.45, 2.75) is 12.8 Å². The molecular weight excluding hydrogens is 540 g/mol. The van der Waals surface area contributed by atoms with Crippen LogP contribution in [0.25, 0.3) is 6.08 Å². The number of carbonyl (C=O) groups excluding carboxylic acids is 1. The second kappa shape index (κ2) is 11.6. The van der Waals surface area contributed by atoms with E-state index in [0.29, 0.717) is 33.0 Å². The van der Waals surface area contributed by atoms with Gasteiger partial charge in [0.1, 0.15) is 18.2 Å². The van der Waals surface area contributed by atoms with Crippen molar-refractivity contribution in [1.82, 2.24) is 0 Å². The van der Waals surface area contributed by atoms with Crippen molar-refractivity contribution in [3.05, 3.63) is 91.9 Å². The van der Waals surface area contributed by atoms with Gasteiger partial charge < -0.3 is 14.8 Å². The summed E-state index contributed by atoms with van der Waals surface area (Å²) in [6.45, 7) is 0.0190. The maximum absolute atomic E-state index is 13.0. The first-order valence-electron chi connectivity index (χ1n) is 10.1. The van der Waals surface area contributed by atoms with E-state index in [4.69, 9.17) is 44.3 Å². The van der Waals surface area contributed by atoms with Crippen LogP contribution < -0.4 is 14.8 Å². The molecule has 1 N–H and O–H groups in total. The number of para-hydroxylation sites is 1. The molecule has 0 aliphatic carbocycles. The minimum Gasteiger partial charge on any atom is -0.493 e. The molecule has 0 atom stereocenters. The summed E-state index contributed by atoms with van der Waals surface area (Å²) in [6.07, 6.45) is -3.42. The van der Waals surface area contributed by atoms with Crippen molar-refractivity contribution in [3.63, 3.8) is 0 Å². The Morgan fingerprint density at radius 3 is 2.47 bits per heavy atom. The number of carbonyl (C=O) groups is 1. The molecule has 3 rings (SSSR count). The van der Waals surface area contributed by atoms with Crippen molar-refractivity contribution in [1.29, 1.82) is 5.26 Å². The third-order valence-corrected chi connectivity index (χ3v) is 5.74. The van der Waals surface area contributed by atoms with E-state index < -0.39 is 23.2 Å². The number of benzene rings is 3. The fraction of sp³-hybridized carbons (Fsp3) is 0.120. The van der Waals surface area contributed by atoms with Gasteiger partial charge in [0.05, 0.1) is 23.4 Å². The summed E-state index contributed by atoms with van der Waals surface area (Å²) in [5, 5.41) is 12.5. The van der Waals surface area contributed by atoms with Gasteiger partial charge >= 0.3 is 6.18 Å². The Morgan fingerprint density at radius 1 is 1.08 bits per heavy atom. The Balaban J connectivity index is 1.92. The largest absolute Gasteiger partial charge is 0.493 e.